The Labute approximate surface area is 114 Å². The van der Waals surface area contributed by atoms with Gasteiger partial charge in [0.1, 0.15) is 5.03 Å². The second kappa shape index (κ2) is 6.02. The molecule has 2 aromatic rings. The molecule has 2 rings (SSSR count). The van der Waals surface area contributed by atoms with E-state index in [2.05, 4.69) is 15.3 Å². The Hall–Kier alpha value is -1.33. The van der Waals surface area contributed by atoms with Crippen LogP contribution in [0.1, 0.15) is 5.56 Å². The lowest BCUT2D eigenvalue weighted by atomic mass is 10.2. The summed E-state index contributed by atoms with van der Waals surface area (Å²) in [5.74, 6) is 0.636. The Morgan fingerprint density at radius 1 is 1.33 bits per heavy atom. The van der Waals surface area contributed by atoms with Crippen molar-refractivity contribution in [1.29, 1.82) is 0 Å². The van der Waals surface area contributed by atoms with Gasteiger partial charge in [-0.05, 0) is 17.7 Å². The van der Waals surface area contributed by atoms with Crippen molar-refractivity contribution in [3.05, 3.63) is 46.9 Å². The summed E-state index contributed by atoms with van der Waals surface area (Å²) in [6.45, 7) is 0. The highest BCUT2D eigenvalue weighted by molar-refractivity contribution is 7.98. The molecule has 6 heteroatoms. The standard InChI is InChI=1S/C12H11ClFN3S/c1-15-12-16-6-10(14)11(17-12)18-7-8-2-4-9(13)5-3-8/h2-6H,7H2,1H3,(H,15,16,17). The van der Waals surface area contributed by atoms with Crippen molar-refractivity contribution in [3.8, 4) is 0 Å². The van der Waals surface area contributed by atoms with Crippen molar-refractivity contribution in [2.75, 3.05) is 12.4 Å². The van der Waals surface area contributed by atoms with Crippen LogP contribution in [0.4, 0.5) is 10.3 Å². The summed E-state index contributed by atoms with van der Waals surface area (Å²) in [5, 5.41) is 3.81. The summed E-state index contributed by atoms with van der Waals surface area (Å²) >= 11 is 7.12. The van der Waals surface area contributed by atoms with Crippen molar-refractivity contribution in [2.45, 2.75) is 10.8 Å². The highest BCUT2D eigenvalue weighted by Gasteiger charge is 2.07. The van der Waals surface area contributed by atoms with Crippen LogP contribution < -0.4 is 5.32 Å². The van der Waals surface area contributed by atoms with Gasteiger partial charge in [0, 0.05) is 17.8 Å². The van der Waals surface area contributed by atoms with Gasteiger partial charge in [0.2, 0.25) is 5.95 Å². The van der Waals surface area contributed by atoms with Gasteiger partial charge in [0.25, 0.3) is 0 Å². The number of halogens is 2. The number of benzene rings is 1. The largest absolute Gasteiger partial charge is 0.357 e. The summed E-state index contributed by atoms with van der Waals surface area (Å²) < 4.78 is 13.5. The number of thioether (sulfide) groups is 1. The molecule has 0 saturated heterocycles. The van der Waals surface area contributed by atoms with Gasteiger partial charge in [-0.15, -0.1) is 0 Å². The van der Waals surface area contributed by atoms with Crippen LogP contribution in [-0.2, 0) is 5.75 Å². The van der Waals surface area contributed by atoms with Gasteiger partial charge in [-0.2, -0.15) is 0 Å². The fourth-order valence-corrected chi connectivity index (χ4v) is 2.27. The molecule has 18 heavy (non-hydrogen) atoms. The first-order valence-electron chi connectivity index (χ1n) is 5.26. The van der Waals surface area contributed by atoms with Crippen molar-refractivity contribution in [3.63, 3.8) is 0 Å². The summed E-state index contributed by atoms with van der Waals surface area (Å²) in [6, 6.07) is 7.44. The summed E-state index contributed by atoms with van der Waals surface area (Å²) in [6.07, 6.45) is 1.17. The molecule has 1 aromatic carbocycles. The topological polar surface area (TPSA) is 37.8 Å². The number of aromatic nitrogens is 2. The average Bonchev–Trinajstić information content (AvgIpc) is 2.40. The molecule has 94 valence electrons. The Morgan fingerprint density at radius 3 is 2.72 bits per heavy atom. The van der Waals surface area contributed by atoms with E-state index in [1.54, 1.807) is 7.05 Å². The van der Waals surface area contributed by atoms with Gasteiger partial charge in [-0.3, -0.25) is 0 Å². The molecule has 0 fully saturated rings. The third-order valence-electron chi connectivity index (χ3n) is 2.22. The Balaban J connectivity index is 2.07. The molecule has 3 nitrogen and oxygen atoms in total. The molecule has 0 aliphatic rings. The van der Waals surface area contributed by atoms with Gasteiger partial charge in [0.05, 0.1) is 6.20 Å². The molecular formula is C12H11ClFN3S. The number of nitrogens with one attached hydrogen (secondary N) is 1. The number of anilines is 1. The second-order valence-corrected chi connectivity index (χ2v) is 4.91. The van der Waals surface area contributed by atoms with Gasteiger partial charge in [0.15, 0.2) is 5.82 Å². The third-order valence-corrected chi connectivity index (χ3v) is 3.51. The molecule has 0 unspecified atom stereocenters. The van der Waals surface area contributed by atoms with E-state index in [4.69, 9.17) is 11.6 Å². The zero-order valence-corrected chi connectivity index (χ0v) is 11.2. The minimum Gasteiger partial charge on any atom is -0.357 e. The molecule has 1 N–H and O–H groups in total. The quantitative estimate of drug-likeness (QED) is 0.687. The fourth-order valence-electron chi connectivity index (χ4n) is 1.31. The van der Waals surface area contributed by atoms with Gasteiger partial charge >= 0.3 is 0 Å². The van der Waals surface area contributed by atoms with Crippen LogP contribution in [-0.4, -0.2) is 17.0 Å². The minimum absolute atomic E-state index is 0.337. The van der Waals surface area contributed by atoms with Crippen LogP contribution in [0.25, 0.3) is 0 Å². The van der Waals surface area contributed by atoms with Gasteiger partial charge < -0.3 is 5.32 Å². The lowest BCUT2D eigenvalue weighted by Crippen LogP contribution is -1.99. The van der Waals surface area contributed by atoms with E-state index < -0.39 is 5.82 Å². The predicted octanol–water partition coefficient (Wildman–Crippen LogP) is 3.60. The lowest BCUT2D eigenvalue weighted by molar-refractivity contribution is 0.580. The smallest absolute Gasteiger partial charge is 0.223 e. The zero-order valence-electron chi connectivity index (χ0n) is 9.65. The molecule has 0 atom stereocenters. The molecular weight excluding hydrogens is 273 g/mol. The monoisotopic (exact) mass is 283 g/mol. The van der Waals surface area contributed by atoms with E-state index in [1.807, 2.05) is 24.3 Å². The summed E-state index contributed by atoms with van der Waals surface area (Å²) in [5.41, 5.74) is 1.06. The average molecular weight is 284 g/mol. The van der Waals surface area contributed by atoms with E-state index in [9.17, 15) is 4.39 Å². The number of hydrogen-bond acceptors (Lipinski definition) is 4. The summed E-state index contributed by atoms with van der Waals surface area (Å²) in [7, 11) is 1.70. The molecule has 1 aromatic heterocycles. The maximum Gasteiger partial charge on any atom is 0.223 e. The van der Waals surface area contributed by atoms with E-state index in [-0.39, 0.29) is 0 Å². The lowest BCUT2D eigenvalue weighted by Gasteiger charge is -2.04. The summed E-state index contributed by atoms with van der Waals surface area (Å²) in [4.78, 5) is 7.86. The van der Waals surface area contributed by atoms with Crippen molar-refractivity contribution >= 4 is 29.3 Å². The molecule has 0 bridgehead atoms. The molecule has 1 heterocycles. The van der Waals surface area contributed by atoms with Crippen LogP contribution in [0.5, 0.6) is 0 Å². The van der Waals surface area contributed by atoms with E-state index in [1.165, 1.54) is 18.0 Å². The molecule has 0 spiro atoms. The maximum absolute atomic E-state index is 13.5. The Morgan fingerprint density at radius 2 is 2.06 bits per heavy atom. The SMILES string of the molecule is CNc1ncc(F)c(SCc2ccc(Cl)cc2)n1. The van der Waals surface area contributed by atoms with Crippen LogP contribution >= 0.6 is 23.4 Å². The van der Waals surface area contributed by atoms with Crippen molar-refractivity contribution in [2.24, 2.45) is 0 Å². The van der Waals surface area contributed by atoms with E-state index in [0.29, 0.717) is 21.7 Å². The van der Waals surface area contributed by atoms with Gasteiger partial charge in [-0.25, -0.2) is 14.4 Å². The molecule has 0 aliphatic heterocycles. The van der Waals surface area contributed by atoms with E-state index >= 15 is 0 Å². The van der Waals surface area contributed by atoms with E-state index in [0.717, 1.165) is 5.56 Å². The molecule has 0 aliphatic carbocycles. The van der Waals surface area contributed by atoms with Gasteiger partial charge in [-0.1, -0.05) is 35.5 Å². The highest BCUT2D eigenvalue weighted by atomic mass is 35.5. The number of rotatable bonds is 4. The van der Waals surface area contributed by atoms with Crippen molar-refractivity contribution < 1.29 is 4.39 Å². The number of nitrogens with zero attached hydrogens (tertiary/aromatic N) is 2. The fraction of sp³-hybridized carbons (Fsp3) is 0.167. The molecule has 0 saturated carbocycles. The second-order valence-electron chi connectivity index (χ2n) is 3.51. The van der Waals surface area contributed by atoms with Crippen molar-refractivity contribution in [1.82, 2.24) is 9.97 Å². The molecule has 0 amide bonds. The Kier molecular flexibility index (Phi) is 4.38. The zero-order chi connectivity index (χ0) is 13.0. The van der Waals surface area contributed by atoms with Crippen LogP contribution in [0.3, 0.4) is 0 Å². The first kappa shape index (κ1) is 13.1. The first-order chi connectivity index (χ1) is 8.69. The third kappa shape index (κ3) is 3.34. The van der Waals surface area contributed by atoms with Crippen LogP contribution in [0.15, 0.2) is 35.5 Å². The predicted molar refractivity (Wildman–Crippen MR) is 72.5 cm³/mol. The highest BCUT2D eigenvalue weighted by Crippen LogP contribution is 2.24. The maximum atomic E-state index is 13.5. The minimum atomic E-state index is -0.409. The van der Waals surface area contributed by atoms with Crippen LogP contribution in [0.2, 0.25) is 5.02 Å². The van der Waals surface area contributed by atoms with Crippen LogP contribution in [0, 0.1) is 5.82 Å². The first-order valence-corrected chi connectivity index (χ1v) is 6.63. The Bertz CT molecular complexity index is 533. The normalized spacial score (nSPS) is 10.4. The number of hydrogen-bond donors (Lipinski definition) is 1. The molecule has 0 radical (unpaired) electrons.